The van der Waals surface area contributed by atoms with Crippen LogP contribution in [0.15, 0.2) is 0 Å². The number of rotatable bonds is 6. The Morgan fingerprint density at radius 3 is 2.62 bits per heavy atom. The van der Waals surface area contributed by atoms with Gasteiger partial charge in [0.15, 0.2) is 0 Å². The van der Waals surface area contributed by atoms with E-state index in [1.807, 2.05) is 6.92 Å². The Morgan fingerprint density at radius 1 is 1.44 bits per heavy atom. The first-order chi connectivity index (χ1) is 7.50. The number of aliphatic carboxylic acids is 1. The predicted octanol–water partition coefficient (Wildman–Crippen LogP) is 1.34. The van der Waals surface area contributed by atoms with Gasteiger partial charge in [-0.05, 0) is 19.8 Å². The van der Waals surface area contributed by atoms with Gasteiger partial charge >= 0.3 is 12.0 Å². The minimum atomic E-state index is -0.732. The summed E-state index contributed by atoms with van der Waals surface area (Å²) in [5.41, 5.74) is 0. The fourth-order valence-corrected chi connectivity index (χ4v) is 1.90. The van der Waals surface area contributed by atoms with E-state index in [2.05, 4.69) is 10.6 Å². The third-order valence-electron chi connectivity index (χ3n) is 3.10. The van der Waals surface area contributed by atoms with Gasteiger partial charge in [-0.3, -0.25) is 4.79 Å². The molecule has 16 heavy (non-hydrogen) atoms. The number of carboxylic acids is 1. The summed E-state index contributed by atoms with van der Waals surface area (Å²) in [6.45, 7) is 3.70. The van der Waals surface area contributed by atoms with Crippen LogP contribution in [0.5, 0.6) is 0 Å². The van der Waals surface area contributed by atoms with Crippen molar-refractivity contribution in [3.05, 3.63) is 0 Å². The van der Waals surface area contributed by atoms with Crippen molar-refractivity contribution in [1.82, 2.24) is 10.6 Å². The molecule has 1 aliphatic rings. The van der Waals surface area contributed by atoms with Crippen LogP contribution in [0.4, 0.5) is 4.79 Å². The third-order valence-corrected chi connectivity index (χ3v) is 3.10. The average Bonchev–Trinajstić information content (AvgIpc) is 2.51. The van der Waals surface area contributed by atoms with Gasteiger partial charge in [-0.25, -0.2) is 4.79 Å². The highest BCUT2D eigenvalue weighted by atomic mass is 16.4. The van der Waals surface area contributed by atoms with Gasteiger partial charge in [0, 0.05) is 6.04 Å². The molecule has 3 unspecified atom stereocenters. The Hall–Kier alpha value is -1.26. The van der Waals surface area contributed by atoms with Crippen molar-refractivity contribution in [3.8, 4) is 0 Å². The van der Waals surface area contributed by atoms with Crippen LogP contribution in [-0.2, 0) is 4.79 Å². The van der Waals surface area contributed by atoms with Gasteiger partial charge in [0.25, 0.3) is 0 Å². The van der Waals surface area contributed by atoms with Gasteiger partial charge in [-0.2, -0.15) is 0 Å². The minimum absolute atomic E-state index is 0.101. The lowest BCUT2D eigenvalue weighted by Crippen LogP contribution is -2.30. The Morgan fingerprint density at radius 2 is 2.12 bits per heavy atom. The Kier molecular flexibility index (Phi) is 4.58. The van der Waals surface area contributed by atoms with E-state index in [4.69, 9.17) is 5.11 Å². The van der Waals surface area contributed by atoms with Crippen LogP contribution in [0.25, 0.3) is 0 Å². The van der Waals surface area contributed by atoms with E-state index in [-0.39, 0.29) is 24.0 Å². The van der Waals surface area contributed by atoms with E-state index in [0.29, 0.717) is 6.42 Å². The molecule has 2 amide bonds. The fraction of sp³-hybridized carbons (Fsp3) is 0.818. The van der Waals surface area contributed by atoms with E-state index in [0.717, 1.165) is 19.3 Å². The quantitative estimate of drug-likeness (QED) is 0.600. The third kappa shape index (κ3) is 3.72. The molecule has 0 saturated carbocycles. The van der Waals surface area contributed by atoms with Crippen molar-refractivity contribution in [1.29, 1.82) is 0 Å². The molecule has 5 heteroatoms. The normalized spacial score (nSPS) is 26.0. The van der Waals surface area contributed by atoms with Gasteiger partial charge in [0.2, 0.25) is 0 Å². The number of hydrogen-bond acceptors (Lipinski definition) is 2. The maximum Gasteiger partial charge on any atom is 0.315 e. The lowest BCUT2D eigenvalue weighted by atomic mass is 10.00. The van der Waals surface area contributed by atoms with Crippen molar-refractivity contribution in [2.75, 3.05) is 0 Å². The van der Waals surface area contributed by atoms with Gasteiger partial charge in [-0.15, -0.1) is 0 Å². The largest absolute Gasteiger partial charge is 0.481 e. The highest BCUT2D eigenvalue weighted by molar-refractivity contribution is 5.77. The number of carbonyl (C=O) groups excluding carboxylic acids is 1. The first kappa shape index (κ1) is 12.8. The zero-order valence-corrected chi connectivity index (χ0v) is 9.82. The first-order valence-electron chi connectivity index (χ1n) is 5.80. The minimum Gasteiger partial charge on any atom is -0.481 e. The topological polar surface area (TPSA) is 78.4 Å². The molecule has 3 atom stereocenters. The van der Waals surface area contributed by atoms with E-state index in [1.165, 1.54) is 0 Å². The molecule has 5 nitrogen and oxygen atoms in total. The molecule has 1 fully saturated rings. The van der Waals surface area contributed by atoms with E-state index < -0.39 is 5.97 Å². The van der Waals surface area contributed by atoms with Gasteiger partial charge in [-0.1, -0.05) is 19.8 Å². The summed E-state index contributed by atoms with van der Waals surface area (Å²) < 4.78 is 0. The number of urea groups is 1. The van der Waals surface area contributed by atoms with Crippen molar-refractivity contribution in [2.45, 2.75) is 51.6 Å². The summed E-state index contributed by atoms with van der Waals surface area (Å²) in [7, 11) is 0. The number of hydrogen-bond donors (Lipinski definition) is 3. The zero-order valence-electron chi connectivity index (χ0n) is 9.82. The van der Waals surface area contributed by atoms with E-state index >= 15 is 0 Å². The molecule has 0 spiro atoms. The Labute approximate surface area is 95.6 Å². The second-order valence-electron chi connectivity index (χ2n) is 4.54. The molecule has 0 aliphatic carbocycles. The van der Waals surface area contributed by atoms with Crippen LogP contribution < -0.4 is 10.6 Å². The molecule has 1 aliphatic heterocycles. The maximum atomic E-state index is 11.0. The van der Waals surface area contributed by atoms with Crippen LogP contribution in [0, 0.1) is 5.92 Å². The molecule has 1 saturated heterocycles. The summed E-state index contributed by atoms with van der Waals surface area (Å²) in [5, 5.41) is 14.3. The van der Waals surface area contributed by atoms with Crippen LogP contribution in [0.1, 0.15) is 39.5 Å². The molecule has 3 N–H and O–H groups in total. The van der Waals surface area contributed by atoms with Crippen LogP contribution >= 0.6 is 0 Å². The smallest absolute Gasteiger partial charge is 0.315 e. The molecule has 0 radical (unpaired) electrons. The summed E-state index contributed by atoms with van der Waals surface area (Å²) in [5.74, 6) is -1.00. The number of amides is 2. The monoisotopic (exact) mass is 228 g/mol. The number of nitrogens with one attached hydrogen (secondary N) is 2. The van der Waals surface area contributed by atoms with Crippen LogP contribution in [0.3, 0.4) is 0 Å². The summed E-state index contributed by atoms with van der Waals surface area (Å²) >= 11 is 0. The summed E-state index contributed by atoms with van der Waals surface area (Å²) in [6.07, 6.45) is 3.46. The molecule has 1 heterocycles. The highest BCUT2D eigenvalue weighted by Gasteiger charge is 2.26. The molecule has 0 aromatic heterocycles. The van der Waals surface area contributed by atoms with Crippen LogP contribution in [-0.4, -0.2) is 29.2 Å². The lowest BCUT2D eigenvalue weighted by Gasteiger charge is -2.14. The molecule has 0 aromatic carbocycles. The fourth-order valence-electron chi connectivity index (χ4n) is 1.90. The first-order valence-corrected chi connectivity index (χ1v) is 5.80. The second kappa shape index (κ2) is 5.72. The average molecular weight is 228 g/mol. The van der Waals surface area contributed by atoms with E-state index in [9.17, 15) is 9.59 Å². The predicted molar refractivity (Wildman–Crippen MR) is 60.2 cm³/mol. The summed E-state index contributed by atoms with van der Waals surface area (Å²) in [4.78, 5) is 21.6. The maximum absolute atomic E-state index is 11.0. The highest BCUT2D eigenvalue weighted by Crippen LogP contribution is 2.13. The standard InChI is InChI=1S/C11H20N2O3/c1-7(10(14)15)5-3-4-6-9-8(2)12-11(16)13-9/h7-9H,3-6H2,1-2H3,(H,14,15)(H2,12,13,16). The van der Waals surface area contributed by atoms with Crippen molar-refractivity contribution in [2.24, 2.45) is 5.92 Å². The van der Waals surface area contributed by atoms with E-state index in [1.54, 1.807) is 6.92 Å². The molecule has 92 valence electrons. The van der Waals surface area contributed by atoms with Gasteiger partial charge in [0.1, 0.15) is 0 Å². The SMILES string of the molecule is CC(CCCCC1NC(=O)NC1C)C(=O)O. The van der Waals surface area contributed by atoms with Crippen molar-refractivity contribution >= 4 is 12.0 Å². The Balaban J connectivity index is 2.12. The van der Waals surface area contributed by atoms with Gasteiger partial charge in [0.05, 0.1) is 12.0 Å². The van der Waals surface area contributed by atoms with Crippen molar-refractivity contribution in [3.63, 3.8) is 0 Å². The Bertz CT molecular complexity index is 268. The number of unbranched alkanes of at least 4 members (excludes halogenated alkanes) is 1. The van der Waals surface area contributed by atoms with Crippen LogP contribution in [0.2, 0.25) is 0 Å². The zero-order chi connectivity index (χ0) is 12.1. The molecular formula is C11H20N2O3. The lowest BCUT2D eigenvalue weighted by molar-refractivity contribution is -0.141. The summed E-state index contributed by atoms with van der Waals surface area (Å²) in [6, 6.07) is 0.258. The number of carboxylic acid groups (broad SMARTS) is 1. The molecule has 0 aromatic rings. The molecule has 0 bridgehead atoms. The molecule has 1 rings (SSSR count). The second-order valence-corrected chi connectivity index (χ2v) is 4.54. The van der Waals surface area contributed by atoms with Gasteiger partial charge < -0.3 is 15.7 Å². The molecular weight excluding hydrogens is 208 g/mol. The number of carbonyl (C=O) groups is 2. The van der Waals surface area contributed by atoms with Crippen molar-refractivity contribution < 1.29 is 14.7 Å².